The first kappa shape index (κ1) is 18.6. The lowest BCUT2D eigenvalue weighted by Crippen LogP contribution is -2.39. The normalized spacial score (nSPS) is 11.6. The molecule has 0 spiro atoms. The van der Waals surface area contributed by atoms with E-state index in [0.717, 1.165) is 36.7 Å². The fraction of sp³-hybridized carbons (Fsp3) is 0.316. The second-order valence-corrected chi connectivity index (χ2v) is 5.95. The zero-order valence-corrected chi connectivity index (χ0v) is 15.2. The number of benzene rings is 1. The summed E-state index contributed by atoms with van der Waals surface area (Å²) in [6.07, 6.45) is 7.00. The molecule has 0 saturated carbocycles. The molecule has 0 fully saturated rings. The standard InChI is InChI=1S/C19H23FN6O/c1-21-19(22-9-2-12-26-13-3-10-24-26)23-11-8-17-14-27-18(25-17)15-4-6-16(20)7-5-15/h3-7,10,13-14H,2,8-9,11-12H2,1H3,(H2,21,22,23). The second-order valence-electron chi connectivity index (χ2n) is 5.95. The molecule has 0 radical (unpaired) electrons. The Labute approximate surface area is 157 Å². The molecule has 0 aliphatic carbocycles. The molecule has 3 aromatic rings. The van der Waals surface area contributed by atoms with Gasteiger partial charge in [-0.1, -0.05) is 0 Å². The summed E-state index contributed by atoms with van der Waals surface area (Å²) in [6.45, 7) is 2.34. The first-order chi connectivity index (χ1) is 13.2. The number of hydrogen-bond donors (Lipinski definition) is 2. The third-order valence-corrected chi connectivity index (χ3v) is 3.96. The van der Waals surface area contributed by atoms with Crippen molar-refractivity contribution in [1.29, 1.82) is 0 Å². The number of hydrogen-bond acceptors (Lipinski definition) is 4. The van der Waals surface area contributed by atoms with Crippen LogP contribution in [0.15, 0.2) is 58.4 Å². The molecule has 0 aliphatic heterocycles. The Hall–Kier alpha value is -3.16. The molecule has 2 aromatic heterocycles. The average Bonchev–Trinajstić information content (AvgIpc) is 3.36. The van der Waals surface area contributed by atoms with Crippen molar-refractivity contribution in [2.75, 3.05) is 20.1 Å². The summed E-state index contributed by atoms with van der Waals surface area (Å²) in [5, 5.41) is 10.7. The van der Waals surface area contributed by atoms with Crippen molar-refractivity contribution in [3.8, 4) is 11.5 Å². The molecule has 0 bridgehead atoms. The van der Waals surface area contributed by atoms with E-state index in [1.54, 1.807) is 31.6 Å². The molecule has 0 saturated heterocycles. The highest BCUT2D eigenvalue weighted by atomic mass is 19.1. The highest BCUT2D eigenvalue weighted by Gasteiger charge is 2.07. The minimum Gasteiger partial charge on any atom is -0.444 e. The van der Waals surface area contributed by atoms with Gasteiger partial charge in [0.15, 0.2) is 5.96 Å². The van der Waals surface area contributed by atoms with Gasteiger partial charge in [0.2, 0.25) is 5.89 Å². The van der Waals surface area contributed by atoms with Gasteiger partial charge < -0.3 is 15.1 Å². The fourth-order valence-corrected chi connectivity index (χ4v) is 2.56. The third-order valence-electron chi connectivity index (χ3n) is 3.96. The summed E-state index contributed by atoms with van der Waals surface area (Å²) in [7, 11) is 1.74. The Morgan fingerprint density at radius 1 is 1.22 bits per heavy atom. The Balaban J connectivity index is 1.38. The Morgan fingerprint density at radius 3 is 2.78 bits per heavy atom. The second kappa shape index (κ2) is 9.51. The van der Waals surface area contributed by atoms with E-state index in [2.05, 4.69) is 25.7 Å². The molecule has 0 aliphatic rings. The summed E-state index contributed by atoms with van der Waals surface area (Å²) in [4.78, 5) is 8.65. The molecule has 1 aromatic carbocycles. The van der Waals surface area contributed by atoms with Crippen molar-refractivity contribution in [3.05, 3.63) is 60.5 Å². The van der Waals surface area contributed by atoms with Gasteiger partial charge in [0.25, 0.3) is 0 Å². The number of nitrogens with zero attached hydrogens (tertiary/aromatic N) is 4. The van der Waals surface area contributed by atoms with Gasteiger partial charge in [0.05, 0.1) is 5.69 Å². The summed E-state index contributed by atoms with van der Waals surface area (Å²) in [6, 6.07) is 8.00. The molecule has 2 N–H and O–H groups in total. The van der Waals surface area contributed by atoms with Crippen LogP contribution in [0.25, 0.3) is 11.5 Å². The zero-order chi connectivity index (χ0) is 18.9. The van der Waals surface area contributed by atoms with Gasteiger partial charge in [-0.15, -0.1) is 0 Å². The van der Waals surface area contributed by atoms with E-state index < -0.39 is 0 Å². The predicted octanol–water partition coefficient (Wildman–Crippen LogP) is 2.47. The van der Waals surface area contributed by atoms with Gasteiger partial charge in [-0.3, -0.25) is 9.67 Å². The van der Waals surface area contributed by atoms with Crippen LogP contribution in [0.2, 0.25) is 0 Å². The maximum atomic E-state index is 13.0. The van der Waals surface area contributed by atoms with Crippen LogP contribution in [0.4, 0.5) is 4.39 Å². The van der Waals surface area contributed by atoms with E-state index in [0.29, 0.717) is 18.9 Å². The van der Waals surface area contributed by atoms with Gasteiger partial charge in [-0.05, 0) is 36.8 Å². The van der Waals surface area contributed by atoms with E-state index in [4.69, 9.17) is 4.42 Å². The van der Waals surface area contributed by atoms with E-state index >= 15 is 0 Å². The molecule has 3 rings (SSSR count). The molecule has 0 unspecified atom stereocenters. The molecular weight excluding hydrogens is 347 g/mol. The molecule has 27 heavy (non-hydrogen) atoms. The number of aryl methyl sites for hydroxylation is 1. The van der Waals surface area contributed by atoms with Gasteiger partial charge in [-0.25, -0.2) is 9.37 Å². The van der Waals surface area contributed by atoms with Gasteiger partial charge in [0, 0.05) is 51.1 Å². The maximum absolute atomic E-state index is 13.0. The summed E-state index contributed by atoms with van der Waals surface area (Å²) < 4.78 is 20.4. The van der Waals surface area contributed by atoms with E-state index in [-0.39, 0.29) is 5.82 Å². The quantitative estimate of drug-likeness (QED) is 0.362. The van der Waals surface area contributed by atoms with Crippen molar-refractivity contribution in [3.63, 3.8) is 0 Å². The van der Waals surface area contributed by atoms with Crippen molar-refractivity contribution < 1.29 is 8.81 Å². The zero-order valence-electron chi connectivity index (χ0n) is 15.2. The Kier molecular flexibility index (Phi) is 6.56. The van der Waals surface area contributed by atoms with Crippen LogP contribution in [-0.4, -0.2) is 40.9 Å². The predicted molar refractivity (Wildman–Crippen MR) is 102 cm³/mol. The molecule has 0 atom stereocenters. The highest BCUT2D eigenvalue weighted by molar-refractivity contribution is 5.79. The SMILES string of the molecule is CN=C(NCCCn1cccn1)NCCc1coc(-c2ccc(F)cc2)n1. The van der Waals surface area contributed by atoms with Crippen LogP contribution in [0.1, 0.15) is 12.1 Å². The lowest BCUT2D eigenvalue weighted by molar-refractivity contribution is 0.569. The first-order valence-corrected chi connectivity index (χ1v) is 8.87. The topological polar surface area (TPSA) is 80.3 Å². The van der Waals surface area contributed by atoms with Crippen LogP contribution in [0.5, 0.6) is 0 Å². The number of rotatable bonds is 8. The molecular formula is C19H23FN6O. The first-order valence-electron chi connectivity index (χ1n) is 8.87. The Morgan fingerprint density at radius 2 is 2.04 bits per heavy atom. The average molecular weight is 370 g/mol. The number of aromatic nitrogens is 3. The van der Waals surface area contributed by atoms with Crippen molar-refractivity contribution in [1.82, 2.24) is 25.4 Å². The van der Waals surface area contributed by atoms with Crippen LogP contribution >= 0.6 is 0 Å². The van der Waals surface area contributed by atoms with Crippen LogP contribution < -0.4 is 10.6 Å². The van der Waals surface area contributed by atoms with Crippen LogP contribution in [0.3, 0.4) is 0 Å². The molecule has 2 heterocycles. The van der Waals surface area contributed by atoms with Crippen molar-refractivity contribution >= 4 is 5.96 Å². The number of oxazole rings is 1. The summed E-state index contributed by atoms with van der Waals surface area (Å²) in [5.74, 6) is 0.960. The Bertz CT molecular complexity index is 841. The summed E-state index contributed by atoms with van der Waals surface area (Å²) in [5.41, 5.74) is 1.58. The minimum absolute atomic E-state index is 0.279. The number of aliphatic imine (C=N–C) groups is 1. The van der Waals surface area contributed by atoms with Gasteiger partial charge >= 0.3 is 0 Å². The monoisotopic (exact) mass is 370 g/mol. The fourth-order valence-electron chi connectivity index (χ4n) is 2.56. The molecule has 8 heteroatoms. The van der Waals surface area contributed by atoms with Crippen LogP contribution in [-0.2, 0) is 13.0 Å². The van der Waals surface area contributed by atoms with E-state index in [1.807, 2.05) is 16.9 Å². The maximum Gasteiger partial charge on any atom is 0.226 e. The summed E-state index contributed by atoms with van der Waals surface area (Å²) >= 11 is 0. The lowest BCUT2D eigenvalue weighted by atomic mass is 10.2. The molecule has 142 valence electrons. The third kappa shape index (κ3) is 5.67. The largest absolute Gasteiger partial charge is 0.444 e. The van der Waals surface area contributed by atoms with Gasteiger partial charge in [0.1, 0.15) is 12.1 Å². The van der Waals surface area contributed by atoms with E-state index in [9.17, 15) is 4.39 Å². The number of halogens is 1. The smallest absolute Gasteiger partial charge is 0.226 e. The number of guanidine groups is 1. The lowest BCUT2D eigenvalue weighted by Gasteiger charge is -2.11. The number of nitrogens with one attached hydrogen (secondary N) is 2. The molecule has 7 nitrogen and oxygen atoms in total. The minimum atomic E-state index is -0.279. The highest BCUT2D eigenvalue weighted by Crippen LogP contribution is 2.18. The molecule has 0 amide bonds. The van der Waals surface area contributed by atoms with Crippen molar-refractivity contribution in [2.24, 2.45) is 4.99 Å². The van der Waals surface area contributed by atoms with E-state index in [1.165, 1.54) is 12.1 Å². The van der Waals surface area contributed by atoms with Gasteiger partial charge in [-0.2, -0.15) is 5.10 Å². The van der Waals surface area contributed by atoms with Crippen molar-refractivity contribution in [2.45, 2.75) is 19.4 Å². The van der Waals surface area contributed by atoms with Crippen LogP contribution in [0, 0.1) is 5.82 Å².